The van der Waals surface area contributed by atoms with Gasteiger partial charge in [-0.3, -0.25) is 4.79 Å². The van der Waals surface area contributed by atoms with E-state index in [9.17, 15) is 4.79 Å². The molecule has 0 aromatic carbocycles. The van der Waals surface area contributed by atoms with Crippen molar-refractivity contribution in [1.82, 2.24) is 19.8 Å². The molecule has 0 bridgehead atoms. The minimum absolute atomic E-state index is 0.149. The first kappa shape index (κ1) is 15.6. The van der Waals surface area contributed by atoms with Crippen LogP contribution in [0.5, 0.6) is 0 Å². The molecule has 0 aliphatic carbocycles. The van der Waals surface area contributed by atoms with Crippen LogP contribution in [0.4, 0.5) is 11.6 Å². The third-order valence-electron chi connectivity index (χ3n) is 5.81. The van der Waals surface area contributed by atoms with Crippen molar-refractivity contribution in [2.24, 2.45) is 5.41 Å². The second kappa shape index (κ2) is 5.88. The van der Waals surface area contributed by atoms with Crippen molar-refractivity contribution in [3.8, 4) is 0 Å². The Bertz CT molecular complexity index is 637. The minimum Gasteiger partial charge on any atom is -0.356 e. The summed E-state index contributed by atoms with van der Waals surface area (Å²) in [6.07, 6.45) is 4.16. The molecule has 1 spiro atoms. The number of likely N-dealkylation sites (tertiary alicyclic amines) is 1. The maximum absolute atomic E-state index is 11.9. The summed E-state index contributed by atoms with van der Waals surface area (Å²) in [5.74, 6) is 2.01. The Morgan fingerprint density at radius 3 is 2.42 bits per heavy atom. The van der Waals surface area contributed by atoms with E-state index in [2.05, 4.69) is 37.8 Å². The number of hydrogen-bond acceptors (Lipinski definition) is 6. The van der Waals surface area contributed by atoms with Gasteiger partial charge in [0.25, 0.3) is 0 Å². The number of anilines is 2. The standard InChI is InChI=1S/C17H26N6O/c1-20-5-3-17(11-20)4-6-23(12-17)15-9-14(18-13-19-15)22-8-7-21(2)16(24)10-22/h9,13H,3-8,10-12H2,1-2H3. The second-order valence-corrected chi connectivity index (χ2v) is 7.63. The van der Waals surface area contributed by atoms with Crippen LogP contribution < -0.4 is 9.80 Å². The van der Waals surface area contributed by atoms with Gasteiger partial charge >= 0.3 is 0 Å². The van der Waals surface area contributed by atoms with Gasteiger partial charge in [0.15, 0.2) is 0 Å². The van der Waals surface area contributed by atoms with Crippen molar-refractivity contribution < 1.29 is 4.79 Å². The van der Waals surface area contributed by atoms with E-state index < -0.39 is 0 Å². The molecule has 4 heterocycles. The van der Waals surface area contributed by atoms with Crippen LogP contribution in [0.3, 0.4) is 0 Å². The smallest absolute Gasteiger partial charge is 0.241 e. The van der Waals surface area contributed by atoms with Gasteiger partial charge in [-0.1, -0.05) is 0 Å². The number of nitrogens with zero attached hydrogens (tertiary/aromatic N) is 6. The van der Waals surface area contributed by atoms with Gasteiger partial charge in [0.1, 0.15) is 18.0 Å². The van der Waals surface area contributed by atoms with E-state index in [4.69, 9.17) is 0 Å². The van der Waals surface area contributed by atoms with E-state index in [1.165, 1.54) is 25.9 Å². The monoisotopic (exact) mass is 330 g/mol. The minimum atomic E-state index is 0.149. The van der Waals surface area contributed by atoms with Crippen molar-refractivity contribution in [1.29, 1.82) is 0 Å². The van der Waals surface area contributed by atoms with E-state index >= 15 is 0 Å². The third-order valence-corrected chi connectivity index (χ3v) is 5.81. The highest BCUT2D eigenvalue weighted by molar-refractivity contribution is 5.82. The van der Waals surface area contributed by atoms with Crippen LogP contribution in [0.25, 0.3) is 0 Å². The second-order valence-electron chi connectivity index (χ2n) is 7.63. The Hall–Kier alpha value is -1.89. The largest absolute Gasteiger partial charge is 0.356 e. The maximum Gasteiger partial charge on any atom is 0.241 e. The van der Waals surface area contributed by atoms with Crippen molar-refractivity contribution in [3.63, 3.8) is 0 Å². The summed E-state index contributed by atoms with van der Waals surface area (Å²) in [7, 11) is 4.07. The van der Waals surface area contributed by atoms with Gasteiger partial charge in [0.05, 0.1) is 6.54 Å². The molecular formula is C17H26N6O. The van der Waals surface area contributed by atoms with E-state index in [-0.39, 0.29) is 5.91 Å². The van der Waals surface area contributed by atoms with Crippen molar-refractivity contribution in [3.05, 3.63) is 12.4 Å². The molecule has 1 unspecified atom stereocenters. The molecule has 3 aliphatic heterocycles. The van der Waals surface area contributed by atoms with Gasteiger partial charge in [-0.05, 0) is 26.4 Å². The number of rotatable bonds is 2. The molecule has 3 saturated heterocycles. The predicted molar refractivity (Wildman–Crippen MR) is 93.3 cm³/mol. The fourth-order valence-electron chi connectivity index (χ4n) is 4.26. The quantitative estimate of drug-likeness (QED) is 0.777. The number of aromatic nitrogens is 2. The third kappa shape index (κ3) is 2.81. The molecule has 1 amide bonds. The molecule has 0 N–H and O–H groups in total. The Morgan fingerprint density at radius 1 is 0.958 bits per heavy atom. The topological polar surface area (TPSA) is 55.8 Å². The van der Waals surface area contributed by atoms with Gasteiger partial charge in [-0.25, -0.2) is 9.97 Å². The molecule has 1 aromatic rings. The summed E-state index contributed by atoms with van der Waals surface area (Å²) in [5.41, 5.74) is 0.434. The van der Waals surface area contributed by atoms with Crippen molar-refractivity contribution in [2.45, 2.75) is 12.8 Å². The van der Waals surface area contributed by atoms with Crippen molar-refractivity contribution >= 4 is 17.5 Å². The van der Waals surface area contributed by atoms with Crippen molar-refractivity contribution in [2.75, 3.05) is 69.7 Å². The lowest BCUT2D eigenvalue weighted by atomic mass is 9.86. The SMILES string of the molecule is CN1CCC2(CCN(c3cc(N4CCN(C)C(=O)C4)ncn3)C2)C1. The molecule has 0 saturated carbocycles. The summed E-state index contributed by atoms with van der Waals surface area (Å²) in [6, 6.07) is 2.05. The van der Waals surface area contributed by atoms with Gasteiger partial charge in [-0.2, -0.15) is 0 Å². The average Bonchev–Trinajstić information content (AvgIpc) is 3.16. The molecule has 1 atom stereocenters. The fourth-order valence-corrected chi connectivity index (χ4v) is 4.26. The van der Waals surface area contributed by atoms with Crippen LogP contribution in [-0.2, 0) is 4.79 Å². The zero-order valence-corrected chi connectivity index (χ0v) is 14.6. The van der Waals surface area contributed by atoms with E-state index in [1.807, 2.05) is 7.05 Å². The molecule has 130 valence electrons. The molecule has 0 radical (unpaired) electrons. The Kier molecular flexibility index (Phi) is 3.83. The van der Waals surface area contributed by atoms with Crippen LogP contribution in [0.2, 0.25) is 0 Å². The molecule has 3 fully saturated rings. The Labute approximate surface area is 143 Å². The first-order chi connectivity index (χ1) is 11.5. The molecule has 7 nitrogen and oxygen atoms in total. The van der Waals surface area contributed by atoms with Gasteiger partial charge < -0.3 is 19.6 Å². The number of hydrogen-bond donors (Lipinski definition) is 0. The van der Waals surface area contributed by atoms with Crippen LogP contribution in [0, 0.1) is 5.41 Å². The first-order valence-corrected chi connectivity index (χ1v) is 8.79. The van der Waals surface area contributed by atoms with E-state index in [0.717, 1.165) is 37.8 Å². The zero-order chi connectivity index (χ0) is 16.7. The number of piperazine rings is 1. The maximum atomic E-state index is 11.9. The lowest BCUT2D eigenvalue weighted by Gasteiger charge is -2.33. The average molecular weight is 330 g/mol. The van der Waals surface area contributed by atoms with Gasteiger partial charge in [-0.15, -0.1) is 0 Å². The van der Waals surface area contributed by atoms with Crippen LogP contribution >= 0.6 is 0 Å². The highest BCUT2D eigenvalue weighted by Crippen LogP contribution is 2.40. The lowest BCUT2D eigenvalue weighted by Crippen LogP contribution is -2.48. The number of carbonyl (C=O) groups excluding carboxylic acids is 1. The summed E-state index contributed by atoms with van der Waals surface area (Å²) in [5, 5.41) is 0. The first-order valence-electron chi connectivity index (χ1n) is 8.79. The zero-order valence-electron chi connectivity index (χ0n) is 14.6. The molecule has 24 heavy (non-hydrogen) atoms. The Morgan fingerprint density at radius 2 is 1.71 bits per heavy atom. The fraction of sp³-hybridized carbons (Fsp3) is 0.706. The van der Waals surface area contributed by atoms with Gasteiger partial charge in [0, 0.05) is 51.3 Å². The molecule has 7 heteroatoms. The lowest BCUT2D eigenvalue weighted by molar-refractivity contribution is -0.129. The highest BCUT2D eigenvalue weighted by Gasteiger charge is 2.42. The Balaban J connectivity index is 1.48. The van der Waals surface area contributed by atoms with E-state index in [0.29, 0.717) is 12.0 Å². The molecule has 1 aromatic heterocycles. The number of carbonyl (C=O) groups is 1. The van der Waals surface area contributed by atoms with Crippen LogP contribution in [0.1, 0.15) is 12.8 Å². The normalized spacial score (nSPS) is 28.4. The highest BCUT2D eigenvalue weighted by atomic mass is 16.2. The number of amides is 1. The molecule has 3 aliphatic rings. The summed E-state index contributed by atoms with van der Waals surface area (Å²) in [4.78, 5) is 29.5. The van der Waals surface area contributed by atoms with Gasteiger partial charge in [0.2, 0.25) is 5.91 Å². The molecule has 4 rings (SSSR count). The van der Waals surface area contributed by atoms with Crippen LogP contribution in [0.15, 0.2) is 12.4 Å². The van der Waals surface area contributed by atoms with E-state index in [1.54, 1.807) is 11.2 Å². The van der Waals surface area contributed by atoms with Crippen LogP contribution in [-0.4, -0.2) is 85.6 Å². The summed E-state index contributed by atoms with van der Waals surface area (Å²) in [6.45, 7) is 6.51. The summed E-state index contributed by atoms with van der Waals surface area (Å²) < 4.78 is 0. The number of likely N-dealkylation sites (N-methyl/N-ethyl adjacent to an activating group) is 1. The molecular weight excluding hydrogens is 304 g/mol. The predicted octanol–water partition coefficient (Wildman–Crippen LogP) is 0.287. The summed E-state index contributed by atoms with van der Waals surface area (Å²) >= 11 is 0.